The zero-order chi connectivity index (χ0) is 20.1. The van der Waals surface area contributed by atoms with Crippen molar-refractivity contribution in [3.63, 3.8) is 0 Å². The number of pyridine rings is 1. The molecule has 2 aromatic rings. The SMILES string of the molecule is CC(=N[S+]([O-])C(C)(C)C)c1cc(F)cc2cc3c(nc12)N1CCOC[C@H]1CO3. The molecule has 1 unspecified atom stereocenters. The Labute approximate surface area is 167 Å². The van der Waals surface area contributed by atoms with Gasteiger partial charge in [0.05, 0.1) is 30.5 Å². The summed E-state index contributed by atoms with van der Waals surface area (Å²) in [6.45, 7) is 9.80. The van der Waals surface area contributed by atoms with E-state index in [0.29, 0.717) is 47.7 Å². The topological polar surface area (TPSA) is 70.0 Å². The predicted octanol–water partition coefficient (Wildman–Crippen LogP) is 3.24. The number of hydrogen-bond donors (Lipinski definition) is 0. The highest BCUT2D eigenvalue weighted by atomic mass is 32.2. The number of aromatic nitrogens is 1. The Morgan fingerprint density at radius 2 is 2.11 bits per heavy atom. The second-order valence-electron chi connectivity index (χ2n) is 8.11. The molecule has 6 nitrogen and oxygen atoms in total. The van der Waals surface area contributed by atoms with Crippen LogP contribution in [-0.2, 0) is 16.1 Å². The molecule has 1 aromatic carbocycles. The van der Waals surface area contributed by atoms with Crippen molar-refractivity contribution in [3.05, 3.63) is 29.6 Å². The van der Waals surface area contributed by atoms with Gasteiger partial charge in [0.2, 0.25) is 0 Å². The largest absolute Gasteiger partial charge is 0.591 e. The molecule has 2 aliphatic rings. The second-order valence-corrected chi connectivity index (χ2v) is 10.0. The van der Waals surface area contributed by atoms with Crippen LogP contribution in [0.5, 0.6) is 5.75 Å². The Morgan fingerprint density at radius 3 is 2.86 bits per heavy atom. The van der Waals surface area contributed by atoms with Crippen molar-refractivity contribution in [2.24, 2.45) is 4.40 Å². The first kappa shape index (κ1) is 19.4. The molecular formula is C20H24FN3O3S. The zero-order valence-corrected chi connectivity index (χ0v) is 17.3. The lowest BCUT2D eigenvalue weighted by atomic mass is 10.0. The number of halogens is 1. The van der Waals surface area contributed by atoms with Crippen molar-refractivity contribution in [3.8, 4) is 5.75 Å². The fourth-order valence-electron chi connectivity index (χ4n) is 3.38. The lowest BCUT2D eigenvalue weighted by Crippen LogP contribution is -2.51. The number of nitrogens with zero attached hydrogens (tertiary/aromatic N) is 3. The average molecular weight is 405 g/mol. The first-order chi connectivity index (χ1) is 13.2. The molecule has 2 aliphatic heterocycles. The van der Waals surface area contributed by atoms with Gasteiger partial charge in [0.15, 0.2) is 11.6 Å². The molecule has 1 aromatic heterocycles. The van der Waals surface area contributed by atoms with Crippen molar-refractivity contribution in [2.75, 3.05) is 31.3 Å². The van der Waals surface area contributed by atoms with Crippen molar-refractivity contribution >= 4 is 33.8 Å². The molecule has 1 fully saturated rings. The Hall–Kier alpha value is -1.90. The zero-order valence-electron chi connectivity index (χ0n) is 16.5. The summed E-state index contributed by atoms with van der Waals surface area (Å²) in [7, 11) is 0. The number of fused-ring (bicyclic) bond motifs is 4. The summed E-state index contributed by atoms with van der Waals surface area (Å²) in [6, 6.07) is 4.79. The number of hydrogen-bond acceptors (Lipinski definition) is 6. The van der Waals surface area contributed by atoms with E-state index in [1.54, 1.807) is 6.92 Å². The molecule has 0 amide bonds. The molecule has 150 valence electrons. The van der Waals surface area contributed by atoms with Gasteiger partial charge < -0.3 is 18.9 Å². The van der Waals surface area contributed by atoms with Crippen LogP contribution in [-0.4, -0.2) is 52.4 Å². The highest BCUT2D eigenvalue weighted by Gasteiger charge is 2.32. The molecule has 0 N–H and O–H groups in total. The number of rotatable bonds is 2. The molecule has 3 heterocycles. The lowest BCUT2D eigenvalue weighted by Gasteiger charge is -2.40. The van der Waals surface area contributed by atoms with Gasteiger partial charge in [-0.25, -0.2) is 9.37 Å². The molecule has 8 heteroatoms. The molecule has 0 saturated carbocycles. The third kappa shape index (κ3) is 3.56. The van der Waals surface area contributed by atoms with Gasteiger partial charge in [0.1, 0.15) is 28.5 Å². The van der Waals surface area contributed by atoms with Crippen LogP contribution in [0.3, 0.4) is 0 Å². The molecule has 0 aliphatic carbocycles. The second kappa shape index (κ2) is 7.17. The number of benzene rings is 1. The Bertz CT molecular complexity index is 944. The molecular weight excluding hydrogens is 381 g/mol. The molecule has 0 radical (unpaired) electrons. The van der Waals surface area contributed by atoms with Gasteiger partial charge in [-0.15, -0.1) is 0 Å². The van der Waals surface area contributed by atoms with Gasteiger partial charge >= 0.3 is 0 Å². The molecule has 1 saturated heterocycles. The van der Waals surface area contributed by atoms with Crippen molar-refractivity contribution in [2.45, 2.75) is 38.5 Å². The van der Waals surface area contributed by atoms with E-state index in [1.807, 2.05) is 26.8 Å². The fourth-order valence-corrected chi connectivity index (χ4v) is 4.00. The smallest absolute Gasteiger partial charge is 0.172 e. The monoisotopic (exact) mass is 405 g/mol. The standard InChI is InChI=1S/C20H24FN3O3S/c1-12(23-28(25)20(2,3)4)16-9-14(21)7-13-8-17-19(22-18(13)16)24-5-6-26-10-15(24)11-27-17/h7-9,15H,5-6,10-11H2,1-4H3/t15-,28?/m0/s1. The molecule has 4 rings (SSSR count). The Balaban J connectivity index is 1.84. The molecule has 0 bridgehead atoms. The van der Waals surface area contributed by atoms with E-state index in [0.717, 1.165) is 12.4 Å². The predicted molar refractivity (Wildman–Crippen MR) is 109 cm³/mol. The van der Waals surface area contributed by atoms with E-state index >= 15 is 0 Å². The lowest BCUT2D eigenvalue weighted by molar-refractivity contribution is 0.0698. The van der Waals surface area contributed by atoms with Gasteiger partial charge in [-0.3, -0.25) is 0 Å². The fraction of sp³-hybridized carbons (Fsp3) is 0.500. The van der Waals surface area contributed by atoms with Crippen LogP contribution in [0.4, 0.5) is 10.2 Å². The van der Waals surface area contributed by atoms with E-state index in [1.165, 1.54) is 12.1 Å². The Morgan fingerprint density at radius 1 is 1.32 bits per heavy atom. The third-order valence-electron chi connectivity index (χ3n) is 4.89. The minimum Gasteiger partial charge on any atom is -0.591 e. The summed E-state index contributed by atoms with van der Waals surface area (Å²) < 4.78 is 42.0. The quantitative estimate of drug-likeness (QED) is 0.567. The van der Waals surface area contributed by atoms with E-state index in [-0.39, 0.29) is 11.9 Å². The maximum absolute atomic E-state index is 14.3. The number of anilines is 1. The van der Waals surface area contributed by atoms with Crippen molar-refractivity contribution in [1.82, 2.24) is 4.98 Å². The highest BCUT2D eigenvalue weighted by Crippen LogP contribution is 2.37. The minimum atomic E-state index is -1.44. The van der Waals surface area contributed by atoms with E-state index in [9.17, 15) is 8.94 Å². The van der Waals surface area contributed by atoms with Crippen LogP contribution in [0.25, 0.3) is 10.9 Å². The van der Waals surface area contributed by atoms with E-state index in [2.05, 4.69) is 9.30 Å². The van der Waals surface area contributed by atoms with Crippen LogP contribution in [0.2, 0.25) is 0 Å². The van der Waals surface area contributed by atoms with Crippen LogP contribution in [0.15, 0.2) is 22.6 Å². The van der Waals surface area contributed by atoms with E-state index < -0.39 is 16.1 Å². The summed E-state index contributed by atoms with van der Waals surface area (Å²) in [5.74, 6) is 1.00. The highest BCUT2D eigenvalue weighted by molar-refractivity contribution is 7.91. The molecule has 0 spiro atoms. The maximum Gasteiger partial charge on any atom is 0.172 e. The summed E-state index contributed by atoms with van der Waals surface area (Å²) in [4.78, 5) is 7.02. The third-order valence-corrected chi connectivity index (χ3v) is 6.38. The van der Waals surface area contributed by atoms with Crippen molar-refractivity contribution < 1.29 is 18.4 Å². The summed E-state index contributed by atoms with van der Waals surface area (Å²) >= 11 is -1.44. The van der Waals surface area contributed by atoms with Crippen LogP contribution in [0.1, 0.15) is 33.3 Å². The van der Waals surface area contributed by atoms with E-state index in [4.69, 9.17) is 14.5 Å². The van der Waals surface area contributed by atoms with Crippen LogP contribution in [0, 0.1) is 5.82 Å². The Kier molecular flexibility index (Phi) is 4.97. The van der Waals surface area contributed by atoms with Crippen molar-refractivity contribution in [1.29, 1.82) is 0 Å². The first-order valence-electron chi connectivity index (χ1n) is 9.33. The normalized spacial score (nSPS) is 21.1. The minimum absolute atomic E-state index is 0.123. The average Bonchev–Trinajstić information content (AvgIpc) is 2.65. The van der Waals surface area contributed by atoms with Gasteiger partial charge in [-0.1, -0.05) is 4.40 Å². The maximum atomic E-state index is 14.3. The summed E-state index contributed by atoms with van der Waals surface area (Å²) in [5.41, 5.74) is 1.68. The van der Waals surface area contributed by atoms with Gasteiger partial charge in [-0.2, -0.15) is 0 Å². The molecule has 2 atom stereocenters. The summed E-state index contributed by atoms with van der Waals surface area (Å²) in [6.07, 6.45) is 0. The first-order valence-corrected chi connectivity index (χ1v) is 10.4. The number of ether oxygens (including phenoxy) is 2. The van der Waals surface area contributed by atoms with Crippen LogP contribution >= 0.6 is 0 Å². The van der Waals surface area contributed by atoms with Crippen LogP contribution < -0.4 is 9.64 Å². The van der Waals surface area contributed by atoms with Gasteiger partial charge in [0, 0.05) is 17.5 Å². The number of morpholine rings is 1. The van der Waals surface area contributed by atoms with Gasteiger partial charge in [0.25, 0.3) is 0 Å². The van der Waals surface area contributed by atoms with Gasteiger partial charge in [-0.05, 0) is 45.9 Å². The molecule has 28 heavy (non-hydrogen) atoms. The summed E-state index contributed by atoms with van der Waals surface area (Å²) in [5, 5.41) is 0.636.